The Balaban J connectivity index is 3.26. The van der Waals surface area contributed by atoms with E-state index in [9.17, 15) is 4.79 Å². The van der Waals surface area contributed by atoms with E-state index in [-0.39, 0.29) is 0 Å². The number of hydrogen-bond donors (Lipinski definition) is 0. The van der Waals surface area contributed by atoms with Gasteiger partial charge in [-0.2, -0.15) is 11.8 Å². The van der Waals surface area contributed by atoms with Gasteiger partial charge in [0, 0.05) is 12.8 Å². The molecule has 0 unspecified atom stereocenters. The minimum Gasteiger partial charge on any atom is -0.299 e. The summed E-state index contributed by atoms with van der Waals surface area (Å²) < 4.78 is 0. The molecular weight excluding hydrogens is 180 g/mol. The largest absolute Gasteiger partial charge is 0.299 e. The minimum absolute atomic E-state index is 0.334. The smallest absolute Gasteiger partial charge is 0.142 e. The summed E-state index contributed by atoms with van der Waals surface area (Å²) in [5.74, 6) is 5.27. The van der Waals surface area contributed by atoms with Crippen LogP contribution in [0.5, 0.6) is 0 Å². The predicted octanol–water partition coefficient (Wildman–Crippen LogP) is 2.75. The Kier molecular flexibility index (Phi) is 7.93. The quantitative estimate of drug-likeness (QED) is 0.462. The van der Waals surface area contributed by atoms with Crippen molar-refractivity contribution in [2.45, 2.75) is 33.1 Å². The molecule has 0 saturated carbocycles. The molecule has 0 bridgehead atoms. The molecule has 0 heterocycles. The Morgan fingerprint density at radius 2 is 2.23 bits per heavy atom. The zero-order valence-electron chi connectivity index (χ0n) is 8.51. The Morgan fingerprint density at radius 1 is 1.54 bits per heavy atom. The molecule has 0 fully saturated rings. The Labute approximate surface area is 85.7 Å². The lowest BCUT2D eigenvalue weighted by Gasteiger charge is -2.02. The van der Waals surface area contributed by atoms with Gasteiger partial charge in [0.05, 0.1) is 5.75 Å². The van der Waals surface area contributed by atoms with Crippen molar-refractivity contribution in [1.29, 1.82) is 0 Å². The van der Waals surface area contributed by atoms with E-state index in [1.807, 2.05) is 0 Å². The third kappa shape index (κ3) is 9.49. The standard InChI is InChI=1S/C11H18OS/c1-4-5-6-7-11(12)9-13-8-10(2)3/h1,10H,5-9H2,2-3H3. The average Bonchev–Trinajstić information content (AvgIpc) is 2.04. The molecule has 0 N–H and O–H groups in total. The van der Waals surface area contributed by atoms with Crippen LogP contribution in [-0.2, 0) is 4.79 Å². The van der Waals surface area contributed by atoms with Crippen LogP contribution in [0.4, 0.5) is 0 Å². The lowest BCUT2D eigenvalue weighted by atomic mass is 10.2. The van der Waals surface area contributed by atoms with E-state index in [0.717, 1.165) is 18.6 Å². The van der Waals surface area contributed by atoms with E-state index in [1.54, 1.807) is 11.8 Å². The summed E-state index contributed by atoms with van der Waals surface area (Å²) in [6.07, 6.45) is 7.30. The van der Waals surface area contributed by atoms with Gasteiger partial charge in [-0.1, -0.05) is 13.8 Å². The van der Waals surface area contributed by atoms with E-state index in [4.69, 9.17) is 6.42 Å². The Hall–Kier alpha value is -0.420. The highest BCUT2D eigenvalue weighted by atomic mass is 32.2. The van der Waals surface area contributed by atoms with E-state index in [1.165, 1.54) is 0 Å². The number of thioether (sulfide) groups is 1. The van der Waals surface area contributed by atoms with Crippen LogP contribution in [0.1, 0.15) is 33.1 Å². The maximum Gasteiger partial charge on any atom is 0.142 e. The number of ketones is 1. The van der Waals surface area contributed by atoms with E-state index < -0.39 is 0 Å². The molecule has 0 amide bonds. The first kappa shape index (κ1) is 12.6. The van der Waals surface area contributed by atoms with E-state index in [2.05, 4.69) is 19.8 Å². The number of hydrogen-bond acceptors (Lipinski definition) is 2. The van der Waals surface area contributed by atoms with Gasteiger partial charge in [0.2, 0.25) is 0 Å². The van der Waals surface area contributed by atoms with E-state index >= 15 is 0 Å². The number of unbranched alkanes of at least 4 members (excludes halogenated alkanes) is 1. The van der Waals surface area contributed by atoms with Gasteiger partial charge in [-0.3, -0.25) is 4.79 Å². The highest BCUT2D eigenvalue weighted by Crippen LogP contribution is 2.09. The van der Waals surface area contributed by atoms with Crippen LogP contribution in [0.2, 0.25) is 0 Å². The van der Waals surface area contributed by atoms with Crippen molar-refractivity contribution >= 4 is 17.5 Å². The van der Waals surface area contributed by atoms with Gasteiger partial charge < -0.3 is 0 Å². The maximum atomic E-state index is 11.2. The zero-order valence-corrected chi connectivity index (χ0v) is 9.32. The molecule has 1 nitrogen and oxygen atoms in total. The van der Waals surface area contributed by atoms with Gasteiger partial charge in [-0.25, -0.2) is 0 Å². The van der Waals surface area contributed by atoms with Crippen molar-refractivity contribution in [3.8, 4) is 12.3 Å². The monoisotopic (exact) mass is 198 g/mol. The fraction of sp³-hybridized carbons (Fsp3) is 0.727. The molecule has 0 aliphatic carbocycles. The number of carbonyl (C=O) groups excluding carboxylic acids is 1. The summed E-state index contributed by atoms with van der Waals surface area (Å²) >= 11 is 1.73. The zero-order chi connectivity index (χ0) is 10.1. The van der Waals surface area contributed by atoms with Crippen molar-refractivity contribution in [3.05, 3.63) is 0 Å². The van der Waals surface area contributed by atoms with Gasteiger partial charge in [0.15, 0.2) is 0 Å². The fourth-order valence-electron chi connectivity index (χ4n) is 0.868. The molecule has 0 aromatic rings. The van der Waals surface area contributed by atoms with Crippen molar-refractivity contribution < 1.29 is 4.79 Å². The van der Waals surface area contributed by atoms with Crippen molar-refractivity contribution in [3.63, 3.8) is 0 Å². The lowest BCUT2D eigenvalue weighted by Crippen LogP contribution is -2.03. The van der Waals surface area contributed by atoms with Crippen LogP contribution in [0.3, 0.4) is 0 Å². The maximum absolute atomic E-state index is 11.2. The highest BCUT2D eigenvalue weighted by Gasteiger charge is 2.02. The topological polar surface area (TPSA) is 17.1 Å². The summed E-state index contributed by atoms with van der Waals surface area (Å²) in [5.41, 5.74) is 0. The second-order valence-corrected chi connectivity index (χ2v) is 4.54. The summed E-state index contributed by atoms with van der Waals surface area (Å²) in [5, 5.41) is 0. The number of rotatable bonds is 7. The van der Waals surface area contributed by atoms with Crippen LogP contribution in [0.25, 0.3) is 0 Å². The van der Waals surface area contributed by atoms with Crippen LogP contribution < -0.4 is 0 Å². The first-order chi connectivity index (χ1) is 6.16. The van der Waals surface area contributed by atoms with Gasteiger partial charge in [-0.15, -0.1) is 12.3 Å². The number of carbonyl (C=O) groups is 1. The van der Waals surface area contributed by atoms with Gasteiger partial charge >= 0.3 is 0 Å². The van der Waals surface area contributed by atoms with Gasteiger partial charge in [0.1, 0.15) is 5.78 Å². The molecule has 0 radical (unpaired) electrons. The highest BCUT2D eigenvalue weighted by molar-refractivity contribution is 7.99. The third-order valence-corrected chi connectivity index (χ3v) is 2.92. The molecule has 0 saturated heterocycles. The van der Waals surface area contributed by atoms with Crippen molar-refractivity contribution in [1.82, 2.24) is 0 Å². The second kappa shape index (κ2) is 8.19. The molecule has 2 heteroatoms. The first-order valence-electron chi connectivity index (χ1n) is 4.69. The summed E-state index contributed by atoms with van der Waals surface area (Å²) in [6, 6.07) is 0. The summed E-state index contributed by atoms with van der Waals surface area (Å²) in [6.45, 7) is 4.33. The van der Waals surface area contributed by atoms with E-state index in [0.29, 0.717) is 23.9 Å². The van der Waals surface area contributed by atoms with Crippen LogP contribution in [-0.4, -0.2) is 17.3 Å². The molecule has 0 aromatic heterocycles. The van der Waals surface area contributed by atoms with Crippen LogP contribution in [0, 0.1) is 18.3 Å². The SMILES string of the molecule is C#CCCCC(=O)CSCC(C)C. The van der Waals surface area contributed by atoms with Crippen LogP contribution >= 0.6 is 11.8 Å². The second-order valence-electron chi connectivity index (χ2n) is 3.51. The molecule has 0 spiro atoms. The number of terminal acetylenes is 1. The fourth-order valence-corrected chi connectivity index (χ4v) is 1.83. The Morgan fingerprint density at radius 3 is 2.77 bits per heavy atom. The number of Topliss-reactive ketones (excluding diaryl/α,β-unsaturated/α-hetero) is 1. The first-order valence-corrected chi connectivity index (χ1v) is 5.85. The van der Waals surface area contributed by atoms with Crippen molar-refractivity contribution in [2.24, 2.45) is 5.92 Å². The molecule has 0 aromatic carbocycles. The average molecular weight is 198 g/mol. The summed E-state index contributed by atoms with van der Waals surface area (Å²) in [4.78, 5) is 11.2. The molecule has 0 atom stereocenters. The molecule has 13 heavy (non-hydrogen) atoms. The molecule has 74 valence electrons. The molecular formula is C11H18OS. The molecule has 0 rings (SSSR count). The van der Waals surface area contributed by atoms with Crippen LogP contribution in [0.15, 0.2) is 0 Å². The minimum atomic E-state index is 0.334. The molecule has 0 aliphatic heterocycles. The third-order valence-electron chi connectivity index (χ3n) is 1.49. The van der Waals surface area contributed by atoms with Gasteiger partial charge in [-0.05, 0) is 18.1 Å². The summed E-state index contributed by atoms with van der Waals surface area (Å²) in [7, 11) is 0. The normalized spacial score (nSPS) is 10.0. The lowest BCUT2D eigenvalue weighted by molar-refractivity contribution is -0.116. The van der Waals surface area contributed by atoms with Crippen molar-refractivity contribution in [2.75, 3.05) is 11.5 Å². The van der Waals surface area contributed by atoms with Gasteiger partial charge in [0.25, 0.3) is 0 Å². The Bertz CT molecular complexity index is 179. The molecule has 0 aliphatic rings. The predicted molar refractivity (Wildman–Crippen MR) is 59.9 cm³/mol.